The Morgan fingerprint density at radius 1 is 0.542 bits per heavy atom. The highest BCUT2D eigenvalue weighted by atomic mass is 16.3. The molecule has 0 unspecified atom stereocenters. The zero-order valence-electron chi connectivity index (χ0n) is 16.0. The average molecular weight is 345 g/mol. The van der Waals surface area contributed by atoms with Gasteiger partial charge in [-0.25, -0.2) is 0 Å². The van der Waals surface area contributed by atoms with E-state index >= 15 is 0 Å². The average Bonchev–Trinajstić information content (AvgIpc) is 2.59. The number of hydrogen-bond acceptors (Lipinski definition) is 6. The molecule has 2 heterocycles. The second-order valence-corrected chi connectivity index (χ2v) is 7.15. The van der Waals surface area contributed by atoms with Crippen molar-refractivity contribution < 1.29 is 10.2 Å². The van der Waals surface area contributed by atoms with E-state index in [1.54, 1.807) is 0 Å². The van der Waals surface area contributed by atoms with Crippen molar-refractivity contribution in [2.24, 2.45) is 0 Å². The molecule has 0 saturated carbocycles. The Balaban J connectivity index is 0.000000240. The maximum absolute atomic E-state index is 8.61. The van der Waals surface area contributed by atoms with Gasteiger partial charge in [0.2, 0.25) is 0 Å². The first kappa shape index (κ1) is 21.8. The Kier molecular flexibility index (Phi) is 12.7. The number of likely N-dealkylation sites (N-methyl/N-ethyl adjacent to an activating group) is 2. The fraction of sp³-hybridized carbons (Fsp3) is 1.00. The van der Waals surface area contributed by atoms with Crippen LogP contribution in [0.2, 0.25) is 0 Å². The van der Waals surface area contributed by atoms with E-state index < -0.39 is 0 Å². The molecule has 0 aromatic rings. The van der Waals surface area contributed by atoms with E-state index in [0.717, 1.165) is 38.8 Å². The molecule has 0 amide bonds. The lowest BCUT2D eigenvalue weighted by atomic mass is 10.2. The van der Waals surface area contributed by atoms with Crippen LogP contribution in [-0.4, -0.2) is 123 Å². The molecule has 6 heteroatoms. The molecule has 0 spiro atoms. The van der Waals surface area contributed by atoms with Crippen molar-refractivity contribution in [1.29, 1.82) is 0 Å². The number of nitrogens with zero attached hydrogens (tertiary/aromatic N) is 4. The summed E-state index contributed by atoms with van der Waals surface area (Å²) >= 11 is 0. The van der Waals surface area contributed by atoms with Gasteiger partial charge in [-0.15, -0.1) is 0 Å². The Bertz CT molecular complexity index is 250. The molecule has 24 heavy (non-hydrogen) atoms. The molecule has 0 aromatic carbocycles. The number of aliphatic hydroxyl groups excluding tert-OH is 2. The first-order valence-corrected chi connectivity index (χ1v) is 9.69. The monoisotopic (exact) mass is 344 g/mol. The van der Waals surface area contributed by atoms with E-state index in [4.69, 9.17) is 10.2 Å². The van der Waals surface area contributed by atoms with E-state index in [1.165, 1.54) is 52.4 Å². The van der Waals surface area contributed by atoms with Gasteiger partial charge in [-0.1, -0.05) is 0 Å². The van der Waals surface area contributed by atoms with Gasteiger partial charge in [0.25, 0.3) is 0 Å². The molecule has 2 N–H and O–H groups in total. The Morgan fingerprint density at radius 2 is 0.875 bits per heavy atom. The zero-order chi connectivity index (χ0) is 17.6. The van der Waals surface area contributed by atoms with Gasteiger partial charge < -0.3 is 29.8 Å². The van der Waals surface area contributed by atoms with Gasteiger partial charge in [0, 0.05) is 65.6 Å². The van der Waals surface area contributed by atoms with Crippen LogP contribution in [0.4, 0.5) is 0 Å². The van der Waals surface area contributed by atoms with Crippen molar-refractivity contribution in [2.75, 3.05) is 92.8 Å². The van der Waals surface area contributed by atoms with Crippen molar-refractivity contribution in [3.05, 3.63) is 0 Å². The van der Waals surface area contributed by atoms with Crippen molar-refractivity contribution >= 4 is 0 Å². The van der Waals surface area contributed by atoms with Gasteiger partial charge in [0.15, 0.2) is 0 Å². The number of rotatable bonds is 8. The van der Waals surface area contributed by atoms with Gasteiger partial charge in [0.05, 0.1) is 0 Å². The van der Waals surface area contributed by atoms with Crippen LogP contribution in [0.3, 0.4) is 0 Å². The second-order valence-electron chi connectivity index (χ2n) is 7.15. The first-order valence-electron chi connectivity index (χ1n) is 9.69. The molecule has 144 valence electrons. The largest absolute Gasteiger partial charge is 0.396 e. The van der Waals surface area contributed by atoms with Crippen LogP contribution >= 0.6 is 0 Å². The third kappa shape index (κ3) is 10.6. The van der Waals surface area contributed by atoms with E-state index in [0.29, 0.717) is 13.2 Å². The molecular formula is C18H40N4O2. The highest BCUT2D eigenvalue weighted by molar-refractivity contribution is 4.69. The molecule has 6 nitrogen and oxygen atoms in total. The van der Waals surface area contributed by atoms with Gasteiger partial charge in [-0.3, -0.25) is 0 Å². The van der Waals surface area contributed by atoms with Crippen LogP contribution in [0.1, 0.15) is 25.7 Å². The Morgan fingerprint density at radius 3 is 1.17 bits per heavy atom. The quantitative estimate of drug-likeness (QED) is 0.605. The van der Waals surface area contributed by atoms with E-state index in [1.807, 2.05) is 0 Å². The van der Waals surface area contributed by atoms with Crippen LogP contribution in [-0.2, 0) is 0 Å². The summed E-state index contributed by atoms with van der Waals surface area (Å²) in [7, 11) is 4.34. The number of unbranched alkanes of at least 4 members (excludes halogenated alkanes) is 2. The van der Waals surface area contributed by atoms with Crippen LogP contribution in [0.5, 0.6) is 0 Å². The van der Waals surface area contributed by atoms with E-state index in [2.05, 4.69) is 33.7 Å². The fourth-order valence-corrected chi connectivity index (χ4v) is 3.04. The lowest BCUT2D eigenvalue weighted by Crippen LogP contribution is -2.44. The summed E-state index contributed by atoms with van der Waals surface area (Å²) in [5.41, 5.74) is 0. The van der Waals surface area contributed by atoms with Crippen molar-refractivity contribution in [3.8, 4) is 0 Å². The van der Waals surface area contributed by atoms with E-state index in [-0.39, 0.29) is 0 Å². The maximum atomic E-state index is 8.61. The molecule has 0 aromatic heterocycles. The second kappa shape index (κ2) is 14.0. The number of hydrogen-bond donors (Lipinski definition) is 2. The summed E-state index contributed by atoms with van der Waals surface area (Å²) in [6.07, 6.45) is 4.18. The molecule has 2 rings (SSSR count). The molecule has 0 aliphatic carbocycles. The standard InChI is InChI=1S/2C9H20N2O/c2*1-10-5-7-11(8-6-10)4-2-3-9-12/h2*12H,2-9H2,1H3. The normalized spacial score (nSPS) is 21.5. The van der Waals surface area contributed by atoms with Gasteiger partial charge in [0.1, 0.15) is 0 Å². The lowest BCUT2D eigenvalue weighted by molar-refractivity contribution is 0.149. The van der Waals surface area contributed by atoms with Crippen LogP contribution in [0.25, 0.3) is 0 Å². The Hall–Kier alpha value is -0.240. The SMILES string of the molecule is CN1CCN(CCCCO)CC1.CN1CCN(CCCCO)CC1. The van der Waals surface area contributed by atoms with Crippen LogP contribution in [0, 0.1) is 0 Å². The molecule has 2 saturated heterocycles. The highest BCUT2D eigenvalue weighted by Crippen LogP contribution is 2.01. The van der Waals surface area contributed by atoms with Crippen molar-refractivity contribution in [2.45, 2.75) is 25.7 Å². The summed E-state index contributed by atoms with van der Waals surface area (Å²) < 4.78 is 0. The maximum Gasteiger partial charge on any atom is 0.0431 e. The van der Waals surface area contributed by atoms with E-state index in [9.17, 15) is 0 Å². The summed E-state index contributed by atoms with van der Waals surface area (Å²) in [6.45, 7) is 12.6. The Labute approximate surface area is 149 Å². The van der Waals surface area contributed by atoms with Crippen molar-refractivity contribution in [1.82, 2.24) is 19.6 Å². The molecule has 0 radical (unpaired) electrons. The predicted molar refractivity (Wildman–Crippen MR) is 101 cm³/mol. The van der Waals surface area contributed by atoms with Crippen LogP contribution in [0.15, 0.2) is 0 Å². The lowest BCUT2D eigenvalue weighted by Gasteiger charge is -2.32. The zero-order valence-corrected chi connectivity index (χ0v) is 16.0. The third-order valence-electron chi connectivity index (χ3n) is 4.96. The highest BCUT2D eigenvalue weighted by Gasteiger charge is 2.13. The minimum atomic E-state index is 0.341. The van der Waals surface area contributed by atoms with Crippen LogP contribution < -0.4 is 0 Å². The first-order chi connectivity index (χ1) is 11.7. The summed E-state index contributed by atoms with van der Waals surface area (Å²) in [5, 5.41) is 17.2. The fourth-order valence-electron chi connectivity index (χ4n) is 3.04. The minimum Gasteiger partial charge on any atom is -0.396 e. The summed E-state index contributed by atoms with van der Waals surface area (Å²) in [5.74, 6) is 0. The molecule has 2 aliphatic heterocycles. The molecule has 0 atom stereocenters. The summed E-state index contributed by atoms with van der Waals surface area (Å²) in [6, 6.07) is 0. The van der Waals surface area contributed by atoms with Gasteiger partial charge >= 0.3 is 0 Å². The minimum absolute atomic E-state index is 0.341. The molecule has 2 fully saturated rings. The molecular weight excluding hydrogens is 304 g/mol. The van der Waals surface area contributed by atoms with Crippen molar-refractivity contribution in [3.63, 3.8) is 0 Å². The summed E-state index contributed by atoms with van der Waals surface area (Å²) in [4.78, 5) is 9.69. The molecule has 0 bridgehead atoms. The number of aliphatic hydroxyl groups is 2. The predicted octanol–water partition coefficient (Wildman–Crippen LogP) is 0.0126. The number of piperazine rings is 2. The smallest absolute Gasteiger partial charge is 0.0431 e. The molecule has 2 aliphatic rings. The third-order valence-corrected chi connectivity index (χ3v) is 4.96. The van der Waals surface area contributed by atoms with Gasteiger partial charge in [-0.2, -0.15) is 0 Å². The van der Waals surface area contributed by atoms with Gasteiger partial charge in [-0.05, 0) is 52.9 Å². The topological polar surface area (TPSA) is 53.4 Å².